The molecule has 1 fully saturated rings. The minimum Gasteiger partial charge on any atom is -0.496 e. The number of methoxy groups -OCH3 is 1. The summed E-state index contributed by atoms with van der Waals surface area (Å²) in [6.07, 6.45) is 0.932. The van der Waals surface area contributed by atoms with Crippen molar-refractivity contribution in [3.05, 3.63) is 35.3 Å². The molecule has 0 radical (unpaired) electrons. The summed E-state index contributed by atoms with van der Waals surface area (Å²) in [5.74, 6) is 4.85. The van der Waals surface area contributed by atoms with Crippen molar-refractivity contribution < 1.29 is 23.5 Å². The summed E-state index contributed by atoms with van der Waals surface area (Å²) >= 11 is 0. The SMILES string of the molecule is CC[C@@H]1[C@H](F)C(=O)N[C@@H]1CCOc1ncc(C#Cc2nnn(C)n2)c2cc(C(N)=O)c(OC)cc12. The van der Waals surface area contributed by atoms with Gasteiger partial charge in [0.05, 0.1) is 31.9 Å². The van der Waals surface area contributed by atoms with Gasteiger partial charge in [-0.3, -0.25) is 9.59 Å². The van der Waals surface area contributed by atoms with Gasteiger partial charge in [-0.1, -0.05) is 17.9 Å². The van der Waals surface area contributed by atoms with Gasteiger partial charge in [0.1, 0.15) is 5.75 Å². The quantitative estimate of drug-likeness (QED) is 0.473. The molecule has 11 nitrogen and oxygen atoms in total. The van der Waals surface area contributed by atoms with Gasteiger partial charge in [-0.05, 0) is 29.7 Å². The number of halogens is 1. The molecule has 0 bridgehead atoms. The Morgan fingerprint density at radius 1 is 1.31 bits per heavy atom. The van der Waals surface area contributed by atoms with Crippen molar-refractivity contribution in [2.24, 2.45) is 18.7 Å². The van der Waals surface area contributed by atoms with Crippen LogP contribution in [0.3, 0.4) is 0 Å². The van der Waals surface area contributed by atoms with Crippen molar-refractivity contribution in [3.8, 4) is 23.5 Å². The Bertz CT molecular complexity index is 1350. The Labute approximate surface area is 200 Å². The highest BCUT2D eigenvalue weighted by atomic mass is 19.1. The lowest BCUT2D eigenvalue weighted by atomic mass is 9.94. The smallest absolute Gasteiger partial charge is 0.255 e. The molecule has 0 spiro atoms. The summed E-state index contributed by atoms with van der Waals surface area (Å²) in [7, 11) is 3.05. The molecule has 182 valence electrons. The number of pyridine rings is 1. The third kappa shape index (κ3) is 4.84. The molecule has 1 aromatic carbocycles. The standard InChI is InChI=1S/C23H24FN7O4/c1-4-13-17(27-22(33)20(13)24)7-8-35-23-15-10-18(34-3)16(21(25)32)9-14(15)12(11-26-23)5-6-19-28-30-31(2)29-19/h9-11,13,17,20H,4,7-8H2,1-3H3,(H2,25,32)(H,27,33)/t13-,17+,20-/m0/s1. The third-order valence-corrected chi connectivity index (χ3v) is 5.86. The lowest BCUT2D eigenvalue weighted by molar-refractivity contribution is -0.123. The number of hydrogen-bond donors (Lipinski definition) is 2. The molecule has 2 amide bonds. The maximum Gasteiger partial charge on any atom is 0.255 e. The van der Waals surface area contributed by atoms with Crippen molar-refractivity contribution in [1.82, 2.24) is 30.5 Å². The lowest BCUT2D eigenvalue weighted by Crippen LogP contribution is -2.30. The van der Waals surface area contributed by atoms with Crippen LogP contribution in [0, 0.1) is 17.8 Å². The highest BCUT2D eigenvalue weighted by Gasteiger charge is 2.41. The lowest BCUT2D eigenvalue weighted by Gasteiger charge is -2.18. The zero-order chi connectivity index (χ0) is 25.1. The number of rotatable bonds is 7. The van der Waals surface area contributed by atoms with E-state index in [4.69, 9.17) is 15.2 Å². The first-order valence-electron chi connectivity index (χ1n) is 11.0. The zero-order valence-electron chi connectivity index (χ0n) is 19.4. The number of primary amides is 1. The maximum atomic E-state index is 14.1. The number of hydrogen-bond acceptors (Lipinski definition) is 8. The third-order valence-electron chi connectivity index (χ3n) is 5.86. The molecule has 1 saturated heterocycles. The highest BCUT2D eigenvalue weighted by Crippen LogP contribution is 2.33. The second-order valence-electron chi connectivity index (χ2n) is 8.02. The fourth-order valence-electron chi connectivity index (χ4n) is 4.10. The van der Waals surface area contributed by atoms with Crippen LogP contribution in [0.2, 0.25) is 0 Å². The number of carbonyl (C=O) groups excluding carboxylic acids is 2. The molecule has 12 heteroatoms. The maximum absolute atomic E-state index is 14.1. The topological polar surface area (TPSA) is 147 Å². The van der Waals surface area contributed by atoms with Crippen LogP contribution in [-0.4, -0.2) is 62.9 Å². The second kappa shape index (κ2) is 9.92. The number of aromatic nitrogens is 5. The number of benzene rings is 1. The number of ether oxygens (including phenoxy) is 2. The van der Waals surface area contributed by atoms with E-state index in [9.17, 15) is 14.0 Å². The molecular weight excluding hydrogens is 457 g/mol. The minimum absolute atomic E-state index is 0.172. The first-order chi connectivity index (χ1) is 16.8. The first-order valence-corrected chi connectivity index (χ1v) is 11.0. The molecule has 3 N–H and O–H groups in total. The Morgan fingerprint density at radius 3 is 2.77 bits per heavy atom. The normalized spacial score (nSPS) is 19.2. The molecule has 3 heterocycles. The molecule has 2 aromatic heterocycles. The van der Waals surface area contributed by atoms with Gasteiger partial charge in [0, 0.05) is 35.3 Å². The van der Waals surface area contributed by atoms with E-state index >= 15 is 0 Å². The molecule has 3 atom stereocenters. The van der Waals surface area contributed by atoms with E-state index in [-0.39, 0.29) is 35.7 Å². The average Bonchev–Trinajstić information content (AvgIpc) is 3.38. The van der Waals surface area contributed by atoms with Crippen molar-refractivity contribution in [1.29, 1.82) is 0 Å². The van der Waals surface area contributed by atoms with Crippen molar-refractivity contribution in [2.45, 2.75) is 32.0 Å². The summed E-state index contributed by atoms with van der Waals surface area (Å²) in [6, 6.07) is 2.85. The van der Waals surface area contributed by atoms with E-state index in [1.54, 1.807) is 19.2 Å². The molecule has 35 heavy (non-hydrogen) atoms. The monoisotopic (exact) mass is 481 g/mol. The number of amides is 2. The van der Waals surface area contributed by atoms with Crippen LogP contribution in [0.25, 0.3) is 10.8 Å². The summed E-state index contributed by atoms with van der Waals surface area (Å²) in [5.41, 5.74) is 6.20. The van der Waals surface area contributed by atoms with E-state index < -0.39 is 23.9 Å². The van der Waals surface area contributed by atoms with E-state index in [1.807, 2.05) is 6.92 Å². The molecule has 1 aliphatic heterocycles. The van der Waals surface area contributed by atoms with Crippen LogP contribution < -0.4 is 20.5 Å². The molecule has 0 unspecified atom stereocenters. The number of fused-ring (bicyclic) bond motifs is 1. The van der Waals surface area contributed by atoms with Crippen LogP contribution in [0.5, 0.6) is 11.6 Å². The number of tetrazole rings is 1. The minimum atomic E-state index is -1.51. The Balaban J connectivity index is 1.67. The van der Waals surface area contributed by atoms with Gasteiger partial charge in [0.25, 0.3) is 11.8 Å². The number of nitrogens with two attached hydrogens (primary N) is 1. The van der Waals surface area contributed by atoms with Crippen LogP contribution in [-0.2, 0) is 11.8 Å². The number of alkyl halides is 1. The molecule has 0 saturated carbocycles. The van der Waals surface area contributed by atoms with E-state index in [0.717, 1.165) is 0 Å². The van der Waals surface area contributed by atoms with Crippen LogP contribution in [0.1, 0.15) is 41.5 Å². The largest absolute Gasteiger partial charge is 0.496 e. The predicted molar refractivity (Wildman–Crippen MR) is 122 cm³/mol. The van der Waals surface area contributed by atoms with Gasteiger partial charge in [0.2, 0.25) is 11.7 Å². The van der Waals surface area contributed by atoms with Gasteiger partial charge in [-0.2, -0.15) is 4.80 Å². The van der Waals surface area contributed by atoms with Crippen LogP contribution in [0.15, 0.2) is 18.3 Å². The van der Waals surface area contributed by atoms with Gasteiger partial charge in [-0.15, -0.1) is 5.10 Å². The molecule has 3 aromatic rings. The van der Waals surface area contributed by atoms with E-state index in [0.29, 0.717) is 29.2 Å². The molecule has 4 rings (SSSR count). The van der Waals surface area contributed by atoms with Crippen LogP contribution >= 0.6 is 0 Å². The van der Waals surface area contributed by atoms with Gasteiger partial charge in [-0.25, -0.2) is 9.37 Å². The van der Waals surface area contributed by atoms with Crippen LogP contribution in [0.4, 0.5) is 4.39 Å². The van der Waals surface area contributed by atoms with E-state index in [1.165, 1.54) is 18.1 Å². The Morgan fingerprint density at radius 2 is 2.11 bits per heavy atom. The molecule has 1 aliphatic rings. The number of carbonyl (C=O) groups is 2. The van der Waals surface area contributed by atoms with Crippen molar-refractivity contribution >= 4 is 22.6 Å². The molecular formula is C23H24FN7O4. The predicted octanol–water partition coefficient (Wildman–Crippen LogP) is 0.897. The summed E-state index contributed by atoms with van der Waals surface area (Å²) in [6.45, 7) is 2.03. The second-order valence-corrected chi connectivity index (χ2v) is 8.02. The summed E-state index contributed by atoms with van der Waals surface area (Å²) in [5, 5.41) is 15.4. The number of nitrogens with one attached hydrogen (secondary N) is 1. The number of nitrogens with zero attached hydrogens (tertiary/aromatic N) is 5. The van der Waals surface area contributed by atoms with Crippen molar-refractivity contribution in [2.75, 3.05) is 13.7 Å². The summed E-state index contributed by atoms with van der Waals surface area (Å²) < 4.78 is 25.3. The average molecular weight is 481 g/mol. The van der Waals surface area contributed by atoms with Gasteiger partial charge in [0.15, 0.2) is 6.17 Å². The number of aryl methyl sites for hydroxylation is 1. The highest BCUT2D eigenvalue weighted by molar-refractivity contribution is 6.03. The first kappa shape index (κ1) is 23.9. The Kier molecular flexibility index (Phi) is 6.77. The fraction of sp³-hybridized carbons (Fsp3) is 0.391. The van der Waals surface area contributed by atoms with Gasteiger partial charge >= 0.3 is 0 Å². The summed E-state index contributed by atoms with van der Waals surface area (Å²) in [4.78, 5) is 29.4. The zero-order valence-corrected chi connectivity index (χ0v) is 19.4. The molecule has 0 aliphatic carbocycles. The van der Waals surface area contributed by atoms with Crippen molar-refractivity contribution in [3.63, 3.8) is 0 Å². The Hall–Kier alpha value is -4.27. The fourth-order valence-corrected chi connectivity index (χ4v) is 4.10. The van der Waals surface area contributed by atoms with Gasteiger partial charge < -0.3 is 20.5 Å². The van der Waals surface area contributed by atoms with E-state index in [2.05, 4.69) is 37.6 Å².